The van der Waals surface area contributed by atoms with Crippen molar-refractivity contribution in [3.05, 3.63) is 0 Å². The van der Waals surface area contributed by atoms with Crippen molar-refractivity contribution >= 4 is 5.96 Å². The molecule has 0 aliphatic heterocycles. The lowest BCUT2D eigenvalue weighted by molar-refractivity contribution is 0.179. The Morgan fingerprint density at radius 2 is 2.06 bits per heavy atom. The van der Waals surface area contributed by atoms with Gasteiger partial charge in [0.05, 0.1) is 6.61 Å². The largest absolute Gasteiger partial charge is 0.383 e. The third-order valence-corrected chi connectivity index (χ3v) is 3.58. The molecule has 0 aromatic heterocycles. The highest BCUT2D eigenvalue weighted by molar-refractivity contribution is 5.79. The van der Waals surface area contributed by atoms with Crippen LogP contribution in [0.25, 0.3) is 0 Å². The molecule has 106 valence electrons. The fourth-order valence-corrected chi connectivity index (χ4v) is 2.39. The highest BCUT2D eigenvalue weighted by atomic mass is 16.5. The van der Waals surface area contributed by atoms with Crippen LogP contribution < -0.4 is 16.6 Å². The van der Waals surface area contributed by atoms with Gasteiger partial charge in [-0.25, -0.2) is 5.84 Å². The number of nitrogens with two attached hydrogens (primary N) is 1. The average Bonchev–Trinajstić information content (AvgIpc) is 2.36. The average molecular weight is 256 g/mol. The number of methoxy groups -OCH3 is 1. The molecule has 18 heavy (non-hydrogen) atoms. The van der Waals surface area contributed by atoms with Gasteiger partial charge in [0.1, 0.15) is 0 Å². The monoisotopic (exact) mass is 256 g/mol. The van der Waals surface area contributed by atoms with Crippen LogP contribution in [-0.2, 0) is 4.74 Å². The highest BCUT2D eigenvalue weighted by Crippen LogP contribution is 2.28. The van der Waals surface area contributed by atoms with Crippen LogP contribution in [0.1, 0.15) is 39.5 Å². The van der Waals surface area contributed by atoms with E-state index < -0.39 is 0 Å². The number of hydrazine groups is 1. The molecular formula is C13H28N4O. The van der Waals surface area contributed by atoms with E-state index in [2.05, 4.69) is 22.7 Å². The maximum absolute atomic E-state index is 5.47. The van der Waals surface area contributed by atoms with Gasteiger partial charge in [-0.15, -0.1) is 0 Å². The van der Waals surface area contributed by atoms with E-state index in [1.807, 2.05) is 6.92 Å². The van der Waals surface area contributed by atoms with E-state index in [1.54, 1.807) is 7.11 Å². The van der Waals surface area contributed by atoms with Crippen LogP contribution in [0.5, 0.6) is 0 Å². The SMILES string of the molecule is COCC(C)NC(=NCC1CCC(C)CC1)NN. The van der Waals surface area contributed by atoms with E-state index >= 15 is 0 Å². The van der Waals surface area contributed by atoms with Crippen molar-refractivity contribution in [1.82, 2.24) is 10.7 Å². The van der Waals surface area contributed by atoms with Crippen LogP contribution in [0, 0.1) is 11.8 Å². The lowest BCUT2D eigenvalue weighted by atomic mass is 9.83. The van der Waals surface area contributed by atoms with Gasteiger partial charge in [0.2, 0.25) is 5.96 Å². The van der Waals surface area contributed by atoms with Gasteiger partial charge >= 0.3 is 0 Å². The number of rotatable bonds is 5. The Kier molecular flexibility index (Phi) is 7.05. The quantitative estimate of drug-likeness (QED) is 0.300. The number of hydrogen-bond donors (Lipinski definition) is 3. The number of ether oxygens (including phenoxy) is 1. The standard InChI is InChI=1S/C13H28N4O/c1-10-4-6-12(7-5-10)8-15-13(17-14)16-11(2)9-18-3/h10-12H,4-9,14H2,1-3H3,(H2,15,16,17). The molecule has 0 aromatic carbocycles. The molecule has 0 heterocycles. The van der Waals surface area contributed by atoms with Gasteiger partial charge in [0, 0.05) is 19.7 Å². The first-order chi connectivity index (χ1) is 8.65. The van der Waals surface area contributed by atoms with E-state index in [-0.39, 0.29) is 6.04 Å². The van der Waals surface area contributed by atoms with Crippen molar-refractivity contribution in [3.63, 3.8) is 0 Å². The zero-order valence-corrected chi connectivity index (χ0v) is 11.9. The predicted molar refractivity (Wildman–Crippen MR) is 75.2 cm³/mol. The van der Waals surface area contributed by atoms with Crippen molar-refractivity contribution in [2.45, 2.75) is 45.6 Å². The highest BCUT2D eigenvalue weighted by Gasteiger charge is 2.17. The Balaban J connectivity index is 2.33. The third kappa shape index (κ3) is 5.69. The Bertz CT molecular complexity index is 249. The molecule has 1 atom stereocenters. The summed E-state index contributed by atoms with van der Waals surface area (Å²) < 4.78 is 5.07. The normalized spacial score (nSPS) is 26.8. The molecule has 1 aliphatic carbocycles. The summed E-state index contributed by atoms with van der Waals surface area (Å²) in [5.74, 6) is 7.73. The van der Waals surface area contributed by atoms with Crippen LogP contribution in [0.4, 0.5) is 0 Å². The summed E-state index contributed by atoms with van der Waals surface area (Å²) in [4.78, 5) is 4.53. The molecule has 1 saturated carbocycles. The summed E-state index contributed by atoms with van der Waals surface area (Å²) in [6.45, 7) is 5.87. The van der Waals surface area contributed by atoms with E-state index in [4.69, 9.17) is 10.6 Å². The first kappa shape index (κ1) is 15.2. The smallest absolute Gasteiger partial charge is 0.206 e. The minimum Gasteiger partial charge on any atom is -0.383 e. The molecule has 0 bridgehead atoms. The molecular weight excluding hydrogens is 228 g/mol. The maximum Gasteiger partial charge on any atom is 0.206 e. The Morgan fingerprint density at radius 1 is 1.39 bits per heavy atom. The van der Waals surface area contributed by atoms with E-state index in [9.17, 15) is 0 Å². The van der Waals surface area contributed by atoms with Crippen molar-refractivity contribution in [1.29, 1.82) is 0 Å². The second kappa shape index (κ2) is 8.32. The number of nitrogens with one attached hydrogen (secondary N) is 2. The summed E-state index contributed by atoms with van der Waals surface area (Å²) in [5, 5.41) is 3.20. The first-order valence-electron chi connectivity index (χ1n) is 6.92. The lowest BCUT2D eigenvalue weighted by Gasteiger charge is -2.25. The number of hydrogen-bond acceptors (Lipinski definition) is 3. The molecule has 1 aliphatic rings. The molecule has 4 N–H and O–H groups in total. The molecule has 0 saturated heterocycles. The van der Waals surface area contributed by atoms with Crippen LogP contribution in [0.15, 0.2) is 4.99 Å². The van der Waals surface area contributed by atoms with E-state index in [0.29, 0.717) is 18.5 Å². The summed E-state index contributed by atoms with van der Waals surface area (Å²) in [5.41, 5.74) is 2.62. The van der Waals surface area contributed by atoms with Crippen LogP contribution in [0.2, 0.25) is 0 Å². The first-order valence-corrected chi connectivity index (χ1v) is 6.92. The second-order valence-corrected chi connectivity index (χ2v) is 5.46. The Hall–Kier alpha value is -0.810. The molecule has 0 radical (unpaired) electrons. The molecule has 5 heteroatoms. The minimum atomic E-state index is 0.205. The van der Waals surface area contributed by atoms with Gasteiger partial charge in [-0.1, -0.05) is 19.8 Å². The molecule has 1 fully saturated rings. The summed E-state index contributed by atoms with van der Waals surface area (Å²) in [6.07, 6.45) is 5.24. The van der Waals surface area contributed by atoms with Crippen LogP contribution >= 0.6 is 0 Å². The minimum absolute atomic E-state index is 0.205. The second-order valence-electron chi connectivity index (χ2n) is 5.46. The third-order valence-electron chi connectivity index (χ3n) is 3.58. The number of aliphatic imine (C=N–C) groups is 1. The van der Waals surface area contributed by atoms with Crippen molar-refractivity contribution in [3.8, 4) is 0 Å². The van der Waals surface area contributed by atoms with Crippen LogP contribution in [0.3, 0.4) is 0 Å². The van der Waals surface area contributed by atoms with Crippen molar-refractivity contribution in [2.75, 3.05) is 20.3 Å². The number of guanidine groups is 1. The zero-order chi connectivity index (χ0) is 13.4. The summed E-state index contributed by atoms with van der Waals surface area (Å²) in [7, 11) is 1.69. The van der Waals surface area contributed by atoms with Gasteiger partial charge in [-0.3, -0.25) is 10.4 Å². The maximum atomic E-state index is 5.47. The molecule has 0 aromatic rings. The van der Waals surface area contributed by atoms with Gasteiger partial charge < -0.3 is 10.1 Å². The number of nitrogens with zero attached hydrogens (tertiary/aromatic N) is 1. The van der Waals surface area contributed by atoms with Gasteiger partial charge in [-0.05, 0) is 31.6 Å². The van der Waals surface area contributed by atoms with Gasteiger partial charge in [0.25, 0.3) is 0 Å². The van der Waals surface area contributed by atoms with Crippen LogP contribution in [-0.4, -0.2) is 32.3 Å². The predicted octanol–water partition coefficient (Wildman–Crippen LogP) is 1.26. The molecule has 0 spiro atoms. The molecule has 0 amide bonds. The lowest BCUT2D eigenvalue weighted by Crippen LogP contribution is -2.47. The van der Waals surface area contributed by atoms with Gasteiger partial charge in [0.15, 0.2) is 0 Å². The summed E-state index contributed by atoms with van der Waals surface area (Å²) >= 11 is 0. The van der Waals surface area contributed by atoms with Gasteiger partial charge in [-0.2, -0.15) is 0 Å². The summed E-state index contributed by atoms with van der Waals surface area (Å²) in [6, 6.07) is 0.205. The Labute approximate surface area is 111 Å². The molecule has 1 unspecified atom stereocenters. The topological polar surface area (TPSA) is 71.7 Å². The zero-order valence-electron chi connectivity index (χ0n) is 11.9. The Morgan fingerprint density at radius 3 is 2.61 bits per heavy atom. The fourth-order valence-electron chi connectivity index (χ4n) is 2.39. The van der Waals surface area contributed by atoms with Crippen molar-refractivity contribution < 1.29 is 4.74 Å². The van der Waals surface area contributed by atoms with E-state index in [0.717, 1.165) is 12.5 Å². The van der Waals surface area contributed by atoms with Crippen molar-refractivity contribution in [2.24, 2.45) is 22.7 Å². The van der Waals surface area contributed by atoms with E-state index in [1.165, 1.54) is 25.7 Å². The molecule has 1 rings (SSSR count). The molecule has 5 nitrogen and oxygen atoms in total. The fraction of sp³-hybridized carbons (Fsp3) is 0.923.